The van der Waals surface area contributed by atoms with Crippen LogP contribution in [0.5, 0.6) is 5.75 Å². The highest BCUT2D eigenvalue weighted by atomic mass is 32.2. The molecule has 33 heavy (non-hydrogen) atoms. The quantitative estimate of drug-likeness (QED) is 0.459. The van der Waals surface area contributed by atoms with Gasteiger partial charge in [-0.2, -0.15) is 0 Å². The molecule has 0 unspecified atom stereocenters. The Morgan fingerprint density at radius 3 is 2.24 bits per heavy atom. The van der Waals surface area contributed by atoms with Gasteiger partial charge in [0.2, 0.25) is 0 Å². The molecule has 0 aliphatic rings. The fourth-order valence-electron chi connectivity index (χ4n) is 2.77. The minimum absolute atomic E-state index is 0.0170. The Labute approximate surface area is 190 Å². The monoisotopic (exact) mass is 471 g/mol. The highest BCUT2D eigenvalue weighted by molar-refractivity contribution is 7.92. The smallest absolute Gasteiger partial charge is 0.276 e. The molecule has 0 aliphatic heterocycles. The standard InChI is InChI=1S/C23H22FN3O5S/c1-15-4-3-5-21(16(15)2)27-33(30,31)20-12-6-17(7-13-20)23(29)26-25-22(28)14-32-19-10-8-18(24)9-11-19/h3-13,27H,14H2,1-2H3,(H,25,28)(H,26,29). The van der Waals surface area contributed by atoms with E-state index in [0.717, 1.165) is 11.1 Å². The minimum Gasteiger partial charge on any atom is -0.484 e. The lowest BCUT2D eigenvalue weighted by Crippen LogP contribution is -2.43. The zero-order valence-electron chi connectivity index (χ0n) is 17.9. The second-order valence-corrected chi connectivity index (χ2v) is 8.80. The molecule has 0 heterocycles. The Bertz CT molecular complexity index is 1260. The molecule has 10 heteroatoms. The van der Waals surface area contributed by atoms with Gasteiger partial charge >= 0.3 is 0 Å². The predicted molar refractivity (Wildman–Crippen MR) is 121 cm³/mol. The molecular formula is C23H22FN3O5S. The van der Waals surface area contributed by atoms with E-state index in [9.17, 15) is 22.4 Å². The summed E-state index contributed by atoms with van der Waals surface area (Å²) in [5.74, 6) is -1.41. The van der Waals surface area contributed by atoms with E-state index < -0.39 is 34.3 Å². The number of nitrogens with one attached hydrogen (secondary N) is 3. The summed E-state index contributed by atoms with van der Waals surface area (Å²) in [4.78, 5) is 24.0. The third-order valence-corrected chi connectivity index (χ3v) is 6.16. The molecule has 8 nitrogen and oxygen atoms in total. The largest absolute Gasteiger partial charge is 0.484 e. The molecule has 0 bridgehead atoms. The number of ether oxygens (including phenoxy) is 1. The molecule has 3 N–H and O–H groups in total. The molecule has 2 amide bonds. The molecule has 0 saturated carbocycles. The topological polar surface area (TPSA) is 114 Å². The second kappa shape index (κ2) is 10.1. The highest BCUT2D eigenvalue weighted by Gasteiger charge is 2.17. The number of carbonyl (C=O) groups excluding carboxylic acids is 2. The van der Waals surface area contributed by atoms with Gasteiger partial charge in [0.1, 0.15) is 11.6 Å². The van der Waals surface area contributed by atoms with E-state index in [-0.39, 0.29) is 10.5 Å². The summed E-state index contributed by atoms with van der Waals surface area (Å²) in [6.07, 6.45) is 0. The second-order valence-electron chi connectivity index (χ2n) is 7.12. The molecule has 0 atom stereocenters. The Morgan fingerprint density at radius 1 is 0.909 bits per heavy atom. The fraction of sp³-hybridized carbons (Fsp3) is 0.130. The summed E-state index contributed by atoms with van der Waals surface area (Å²) in [7, 11) is -3.85. The van der Waals surface area contributed by atoms with Crippen molar-refractivity contribution < 1.29 is 27.1 Å². The molecule has 0 radical (unpaired) electrons. The van der Waals surface area contributed by atoms with Gasteiger partial charge in [-0.15, -0.1) is 0 Å². The average Bonchev–Trinajstić information content (AvgIpc) is 2.80. The van der Waals surface area contributed by atoms with Crippen LogP contribution in [0.25, 0.3) is 0 Å². The van der Waals surface area contributed by atoms with E-state index in [1.165, 1.54) is 48.5 Å². The van der Waals surface area contributed by atoms with Crippen molar-refractivity contribution in [3.05, 3.63) is 89.2 Å². The Morgan fingerprint density at radius 2 is 1.58 bits per heavy atom. The Kier molecular flexibility index (Phi) is 7.29. The van der Waals surface area contributed by atoms with E-state index in [2.05, 4.69) is 15.6 Å². The molecule has 0 aliphatic carbocycles. The summed E-state index contributed by atoms with van der Waals surface area (Å²) < 4.78 is 45.9. The first-order chi connectivity index (χ1) is 15.7. The van der Waals surface area contributed by atoms with Crippen LogP contribution >= 0.6 is 0 Å². The number of aryl methyl sites for hydroxylation is 1. The Hall–Kier alpha value is -3.92. The first-order valence-corrected chi connectivity index (χ1v) is 11.3. The lowest BCUT2D eigenvalue weighted by atomic mass is 10.1. The van der Waals surface area contributed by atoms with Gasteiger partial charge in [0.25, 0.3) is 21.8 Å². The molecule has 0 saturated heterocycles. The molecule has 3 aromatic rings. The number of anilines is 1. The summed E-state index contributed by atoms with van der Waals surface area (Å²) in [6, 6.07) is 15.7. The van der Waals surface area contributed by atoms with Crippen molar-refractivity contribution in [1.29, 1.82) is 0 Å². The van der Waals surface area contributed by atoms with E-state index in [1.807, 2.05) is 19.9 Å². The van der Waals surface area contributed by atoms with Crippen molar-refractivity contribution in [2.75, 3.05) is 11.3 Å². The van der Waals surface area contributed by atoms with E-state index in [1.54, 1.807) is 12.1 Å². The van der Waals surface area contributed by atoms with Crippen molar-refractivity contribution in [2.45, 2.75) is 18.7 Å². The van der Waals surface area contributed by atoms with Crippen molar-refractivity contribution in [1.82, 2.24) is 10.9 Å². The highest BCUT2D eigenvalue weighted by Crippen LogP contribution is 2.22. The van der Waals surface area contributed by atoms with Crippen LogP contribution in [-0.4, -0.2) is 26.8 Å². The van der Waals surface area contributed by atoms with E-state index >= 15 is 0 Å². The number of rotatable bonds is 7. The zero-order valence-corrected chi connectivity index (χ0v) is 18.7. The lowest BCUT2D eigenvalue weighted by molar-refractivity contribution is -0.123. The molecule has 0 aromatic heterocycles. The number of sulfonamides is 1. The average molecular weight is 472 g/mol. The Balaban J connectivity index is 1.55. The van der Waals surface area contributed by atoms with Crippen LogP contribution in [0.4, 0.5) is 10.1 Å². The third-order valence-electron chi connectivity index (χ3n) is 4.77. The first-order valence-electron chi connectivity index (χ1n) is 9.82. The predicted octanol–water partition coefficient (Wildman–Crippen LogP) is 3.08. The van der Waals surface area contributed by atoms with Gasteiger partial charge in [0.05, 0.1) is 10.6 Å². The van der Waals surface area contributed by atoms with Crippen LogP contribution in [0.15, 0.2) is 71.6 Å². The van der Waals surface area contributed by atoms with Gasteiger partial charge in [-0.1, -0.05) is 12.1 Å². The van der Waals surface area contributed by atoms with Gasteiger partial charge in [-0.05, 0) is 79.6 Å². The molecule has 0 fully saturated rings. The number of benzene rings is 3. The number of hydrazine groups is 1. The summed E-state index contributed by atoms with van der Waals surface area (Å²) in [5, 5.41) is 0. The van der Waals surface area contributed by atoms with Crippen molar-refractivity contribution in [3.8, 4) is 5.75 Å². The number of amides is 2. The molecule has 172 valence electrons. The number of carbonyl (C=O) groups is 2. The van der Waals surface area contributed by atoms with Crippen molar-refractivity contribution in [2.24, 2.45) is 0 Å². The van der Waals surface area contributed by atoms with Crippen LogP contribution < -0.4 is 20.3 Å². The molecule has 0 spiro atoms. The van der Waals surface area contributed by atoms with Gasteiger partial charge in [-0.25, -0.2) is 12.8 Å². The van der Waals surface area contributed by atoms with Gasteiger partial charge < -0.3 is 4.74 Å². The van der Waals surface area contributed by atoms with Crippen LogP contribution in [0.1, 0.15) is 21.5 Å². The molecule has 3 rings (SSSR count). The molecular weight excluding hydrogens is 449 g/mol. The maximum atomic E-state index is 12.9. The zero-order chi connectivity index (χ0) is 24.0. The van der Waals surface area contributed by atoms with Crippen molar-refractivity contribution in [3.63, 3.8) is 0 Å². The maximum absolute atomic E-state index is 12.9. The summed E-state index contributed by atoms with van der Waals surface area (Å²) in [6.45, 7) is 3.31. The lowest BCUT2D eigenvalue weighted by Gasteiger charge is -2.12. The van der Waals surface area contributed by atoms with Gasteiger partial charge in [0.15, 0.2) is 6.61 Å². The normalized spacial score (nSPS) is 10.9. The molecule has 3 aromatic carbocycles. The SMILES string of the molecule is Cc1cccc(NS(=O)(=O)c2ccc(C(=O)NNC(=O)COc3ccc(F)cc3)cc2)c1C. The van der Waals surface area contributed by atoms with Gasteiger partial charge in [0, 0.05) is 5.56 Å². The van der Waals surface area contributed by atoms with Crippen LogP contribution in [0, 0.1) is 19.7 Å². The number of halogens is 1. The van der Waals surface area contributed by atoms with E-state index in [0.29, 0.717) is 11.4 Å². The summed E-state index contributed by atoms with van der Waals surface area (Å²) >= 11 is 0. The van der Waals surface area contributed by atoms with Crippen LogP contribution in [0.2, 0.25) is 0 Å². The van der Waals surface area contributed by atoms with Crippen LogP contribution in [-0.2, 0) is 14.8 Å². The fourth-order valence-corrected chi connectivity index (χ4v) is 3.89. The third kappa shape index (κ3) is 6.30. The first kappa shape index (κ1) is 23.7. The summed E-state index contributed by atoms with van der Waals surface area (Å²) in [5.41, 5.74) is 6.78. The van der Waals surface area contributed by atoms with Gasteiger partial charge in [-0.3, -0.25) is 25.2 Å². The van der Waals surface area contributed by atoms with E-state index in [4.69, 9.17) is 4.74 Å². The number of hydrogen-bond acceptors (Lipinski definition) is 5. The minimum atomic E-state index is -3.85. The van der Waals surface area contributed by atoms with Crippen molar-refractivity contribution >= 4 is 27.5 Å². The van der Waals surface area contributed by atoms with Crippen LogP contribution in [0.3, 0.4) is 0 Å². The number of hydrogen-bond donors (Lipinski definition) is 3. The maximum Gasteiger partial charge on any atom is 0.276 e.